The summed E-state index contributed by atoms with van der Waals surface area (Å²) in [5.41, 5.74) is 2.86. The molecule has 29 heavy (non-hydrogen) atoms. The summed E-state index contributed by atoms with van der Waals surface area (Å²) >= 11 is 0. The molecule has 142 valence electrons. The van der Waals surface area contributed by atoms with Crippen LogP contribution in [0, 0.1) is 0 Å². The molecule has 5 heteroatoms. The van der Waals surface area contributed by atoms with E-state index >= 15 is 0 Å². The highest BCUT2D eigenvalue weighted by Crippen LogP contribution is 2.34. The van der Waals surface area contributed by atoms with Crippen molar-refractivity contribution in [1.82, 2.24) is 9.55 Å². The van der Waals surface area contributed by atoms with Crippen LogP contribution in [0.15, 0.2) is 83.7 Å². The molecule has 3 aromatic carbocycles. The summed E-state index contributed by atoms with van der Waals surface area (Å²) in [6, 6.07) is 24.6. The number of hydrogen-bond acceptors (Lipinski definition) is 3. The third kappa shape index (κ3) is 2.74. The second kappa shape index (κ2) is 6.71. The Morgan fingerprint density at radius 1 is 0.828 bits per heavy atom. The van der Waals surface area contributed by atoms with E-state index in [0.717, 1.165) is 5.56 Å². The lowest BCUT2D eigenvalue weighted by atomic mass is 9.96. The molecule has 1 amide bonds. The number of carbonyl (C=O) groups excluding carboxylic acids is 1. The monoisotopic (exact) mass is 381 g/mol. The van der Waals surface area contributed by atoms with E-state index in [2.05, 4.69) is 0 Å². The van der Waals surface area contributed by atoms with Crippen LogP contribution in [0.4, 0.5) is 5.69 Å². The summed E-state index contributed by atoms with van der Waals surface area (Å²) in [6.45, 7) is 0. The van der Waals surface area contributed by atoms with Crippen LogP contribution in [0.25, 0.3) is 16.6 Å². The number of likely N-dealkylation sites (N-methyl/N-ethyl adjacent to an activating group) is 1. The summed E-state index contributed by atoms with van der Waals surface area (Å²) in [6.07, 6.45) is 0.475. The molecule has 0 saturated heterocycles. The van der Waals surface area contributed by atoms with Gasteiger partial charge in [-0.2, -0.15) is 0 Å². The number of aromatic nitrogens is 2. The quantitative estimate of drug-likeness (QED) is 0.532. The Balaban J connectivity index is 1.84. The zero-order chi connectivity index (χ0) is 20.0. The molecule has 1 atom stereocenters. The van der Waals surface area contributed by atoms with E-state index in [9.17, 15) is 9.59 Å². The van der Waals surface area contributed by atoms with Gasteiger partial charge in [0.15, 0.2) is 0 Å². The first kappa shape index (κ1) is 17.4. The number of para-hydroxylation sites is 3. The number of anilines is 1. The molecule has 5 nitrogen and oxygen atoms in total. The van der Waals surface area contributed by atoms with E-state index in [1.807, 2.05) is 72.8 Å². The van der Waals surface area contributed by atoms with E-state index in [1.54, 1.807) is 22.6 Å². The molecule has 5 rings (SSSR count). The van der Waals surface area contributed by atoms with Gasteiger partial charge in [0.25, 0.3) is 5.56 Å². The van der Waals surface area contributed by atoms with Gasteiger partial charge in [-0.1, -0.05) is 54.6 Å². The Hall–Kier alpha value is -3.73. The third-order valence-corrected chi connectivity index (χ3v) is 5.51. The van der Waals surface area contributed by atoms with Crippen molar-refractivity contribution in [3.05, 3.63) is 101 Å². The van der Waals surface area contributed by atoms with Crippen LogP contribution in [-0.4, -0.2) is 22.5 Å². The van der Waals surface area contributed by atoms with Crippen molar-refractivity contribution in [2.24, 2.45) is 0 Å². The van der Waals surface area contributed by atoms with E-state index in [0.29, 0.717) is 34.5 Å². The van der Waals surface area contributed by atoms with Crippen LogP contribution in [0.1, 0.15) is 17.3 Å². The van der Waals surface area contributed by atoms with Gasteiger partial charge in [0.1, 0.15) is 11.7 Å². The second-order valence-corrected chi connectivity index (χ2v) is 7.26. The van der Waals surface area contributed by atoms with Crippen LogP contribution >= 0.6 is 0 Å². The molecular formula is C24H19N3O2. The normalized spacial score (nSPS) is 15.7. The predicted molar refractivity (Wildman–Crippen MR) is 114 cm³/mol. The van der Waals surface area contributed by atoms with Gasteiger partial charge in [0.2, 0.25) is 5.91 Å². The summed E-state index contributed by atoms with van der Waals surface area (Å²) in [5.74, 6) is -0.152. The lowest BCUT2D eigenvalue weighted by Crippen LogP contribution is -2.33. The van der Waals surface area contributed by atoms with Crippen molar-refractivity contribution < 1.29 is 4.79 Å². The van der Waals surface area contributed by atoms with E-state index < -0.39 is 5.92 Å². The van der Waals surface area contributed by atoms with E-state index in [4.69, 9.17) is 4.98 Å². The minimum absolute atomic E-state index is 0.0743. The molecule has 0 N–H and O–H groups in total. The number of nitrogens with zero attached hydrogens (tertiary/aromatic N) is 3. The van der Waals surface area contributed by atoms with Crippen LogP contribution < -0.4 is 10.5 Å². The summed E-state index contributed by atoms with van der Waals surface area (Å²) < 4.78 is 1.62. The van der Waals surface area contributed by atoms with Gasteiger partial charge in [-0.05, 0) is 36.2 Å². The van der Waals surface area contributed by atoms with Gasteiger partial charge in [-0.3, -0.25) is 14.2 Å². The topological polar surface area (TPSA) is 55.2 Å². The number of hydrogen-bond donors (Lipinski definition) is 0. The smallest absolute Gasteiger partial charge is 0.266 e. The van der Waals surface area contributed by atoms with Crippen molar-refractivity contribution in [3.63, 3.8) is 0 Å². The van der Waals surface area contributed by atoms with Crippen molar-refractivity contribution in [2.45, 2.75) is 12.3 Å². The minimum Gasteiger partial charge on any atom is -0.313 e. The van der Waals surface area contributed by atoms with Gasteiger partial charge < -0.3 is 4.90 Å². The van der Waals surface area contributed by atoms with E-state index in [1.165, 1.54) is 0 Å². The number of amides is 1. The molecule has 2 heterocycles. The van der Waals surface area contributed by atoms with Gasteiger partial charge in [0, 0.05) is 7.05 Å². The predicted octanol–water partition coefficient (Wildman–Crippen LogP) is 3.69. The van der Waals surface area contributed by atoms with Crippen molar-refractivity contribution >= 4 is 22.5 Å². The molecule has 1 aliphatic heterocycles. The van der Waals surface area contributed by atoms with Crippen LogP contribution in [0.2, 0.25) is 0 Å². The first-order valence-electron chi connectivity index (χ1n) is 9.58. The van der Waals surface area contributed by atoms with Crippen molar-refractivity contribution in [3.8, 4) is 5.69 Å². The second-order valence-electron chi connectivity index (χ2n) is 7.26. The highest BCUT2D eigenvalue weighted by atomic mass is 16.2. The molecule has 1 aliphatic rings. The Morgan fingerprint density at radius 2 is 1.48 bits per heavy atom. The largest absolute Gasteiger partial charge is 0.313 e. The molecule has 0 bridgehead atoms. The Kier molecular flexibility index (Phi) is 4.02. The Morgan fingerprint density at radius 3 is 2.28 bits per heavy atom. The zero-order valence-corrected chi connectivity index (χ0v) is 15.9. The maximum atomic E-state index is 13.5. The van der Waals surface area contributed by atoms with Gasteiger partial charge in [0.05, 0.1) is 22.3 Å². The van der Waals surface area contributed by atoms with Crippen LogP contribution in [-0.2, 0) is 11.2 Å². The van der Waals surface area contributed by atoms with Crippen molar-refractivity contribution in [2.75, 3.05) is 11.9 Å². The fourth-order valence-corrected chi connectivity index (χ4v) is 4.04. The first-order chi connectivity index (χ1) is 14.1. The maximum absolute atomic E-state index is 13.5. The fraction of sp³-hybridized carbons (Fsp3) is 0.125. The summed E-state index contributed by atoms with van der Waals surface area (Å²) in [7, 11) is 1.76. The molecule has 0 aliphatic carbocycles. The van der Waals surface area contributed by atoms with Gasteiger partial charge in [-0.15, -0.1) is 0 Å². The zero-order valence-electron chi connectivity index (χ0n) is 15.9. The number of rotatable bonds is 2. The van der Waals surface area contributed by atoms with Gasteiger partial charge >= 0.3 is 0 Å². The third-order valence-electron chi connectivity index (χ3n) is 5.51. The van der Waals surface area contributed by atoms with Gasteiger partial charge in [-0.25, -0.2) is 4.98 Å². The summed E-state index contributed by atoms with van der Waals surface area (Å²) in [4.78, 5) is 33.4. The molecule has 1 unspecified atom stereocenters. The molecule has 0 radical (unpaired) electrons. The molecule has 0 spiro atoms. The van der Waals surface area contributed by atoms with Crippen LogP contribution in [0.3, 0.4) is 0 Å². The molecule has 4 aromatic rings. The lowest BCUT2D eigenvalue weighted by Gasteiger charge is -2.21. The lowest BCUT2D eigenvalue weighted by molar-refractivity contribution is -0.119. The number of fused-ring (bicyclic) bond motifs is 4. The molecular weight excluding hydrogens is 362 g/mol. The fourth-order valence-electron chi connectivity index (χ4n) is 4.04. The molecule has 0 fully saturated rings. The SMILES string of the molecule is CN1C(=O)C(Cc2ccccc2)c2nc3ccccc3c(=O)n2-c2ccccc21. The molecule has 1 aromatic heterocycles. The summed E-state index contributed by atoms with van der Waals surface area (Å²) in [5, 5.41) is 0.543. The van der Waals surface area contributed by atoms with Crippen LogP contribution in [0.5, 0.6) is 0 Å². The Bertz CT molecular complexity index is 1290. The highest BCUT2D eigenvalue weighted by molar-refractivity contribution is 6.00. The highest BCUT2D eigenvalue weighted by Gasteiger charge is 2.34. The minimum atomic E-state index is -0.563. The first-order valence-corrected chi connectivity index (χ1v) is 9.58. The van der Waals surface area contributed by atoms with Crippen molar-refractivity contribution in [1.29, 1.82) is 0 Å². The average molecular weight is 381 g/mol. The Labute approximate surface area is 167 Å². The number of carbonyl (C=O) groups is 1. The average Bonchev–Trinajstić information content (AvgIpc) is 2.85. The van der Waals surface area contributed by atoms with E-state index in [-0.39, 0.29) is 11.5 Å². The molecule has 0 saturated carbocycles. The standard InChI is InChI=1S/C24H19N3O2/c1-26-20-13-7-8-14-21(20)27-22(25-19-12-6-5-11-17(19)24(27)29)18(23(26)28)15-16-9-3-2-4-10-16/h2-14,18H,15H2,1H3. The number of benzene rings is 3. The maximum Gasteiger partial charge on any atom is 0.266 e.